The van der Waals surface area contributed by atoms with Crippen LogP contribution in [0, 0.1) is 6.92 Å². The Morgan fingerprint density at radius 2 is 1.84 bits per heavy atom. The van der Waals surface area contributed by atoms with Crippen LogP contribution in [0.1, 0.15) is 5.56 Å². The molecule has 0 saturated carbocycles. The van der Waals surface area contributed by atoms with Gasteiger partial charge in [0.2, 0.25) is 5.82 Å². The van der Waals surface area contributed by atoms with Crippen LogP contribution in [0.2, 0.25) is 0 Å². The molecule has 3 rings (SSSR count). The van der Waals surface area contributed by atoms with E-state index in [1.54, 1.807) is 6.07 Å². The van der Waals surface area contributed by atoms with Gasteiger partial charge in [-0.1, -0.05) is 47.1 Å². The van der Waals surface area contributed by atoms with Crippen LogP contribution in [0.3, 0.4) is 0 Å². The number of benzene rings is 2. The van der Waals surface area contributed by atoms with Crippen molar-refractivity contribution in [2.24, 2.45) is 0 Å². The van der Waals surface area contributed by atoms with Crippen LogP contribution in [0.25, 0.3) is 22.8 Å². The number of phenolic OH excluding ortho intramolecular Hbond substituents is 1. The Morgan fingerprint density at radius 3 is 2.63 bits per heavy atom. The molecule has 0 atom stereocenters. The Hall–Kier alpha value is -2.62. The van der Waals surface area contributed by atoms with E-state index in [0.29, 0.717) is 17.3 Å². The van der Waals surface area contributed by atoms with E-state index in [0.717, 1.165) is 11.1 Å². The number of nitrogens with zero attached hydrogens (tertiary/aromatic N) is 2. The zero-order valence-corrected chi connectivity index (χ0v) is 10.4. The fourth-order valence-electron chi connectivity index (χ4n) is 1.86. The number of aromatic nitrogens is 2. The van der Waals surface area contributed by atoms with Crippen molar-refractivity contribution in [1.29, 1.82) is 0 Å². The molecule has 0 fully saturated rings. The molecule has 0 aliphatic carbocycles. The van der Waals surface area contributed by atoms with E-state index in [1.165, 1.54) is 0 Å². The summed E-state index contributed by atoms with van der Waals surface area (Å²) in [5, 5.41) is 13.8. The van der Waals surface area contributed by atoms with Gasteiger partial charge < -0.3 is 9.63 Å². The van der Waals surface area contributed by atoms with Gasteiger partial charge in [0, 0.05) is 5.56 Å². The number of hydrogen-bond acceptors (Lipinski definition) is 4. The summed E-state index contributed by atoms with van der Waals surface area (Å²) in [6, 6.07) is 14.8. The van der Waals surface area contributed by atoms with Crippen molar-refractivity contribution in [2.75, 3.05) is 0 Å². The van der Waals surface area contributed by atoms with E-state index in [1.807, 2.05) is 49.4 Å². The van der Waals surface area contributed by atoms with Crippen molar-refractivity contribution in [3.8, 4) is 28.6 Å². The summed E-state index contributed by atoms with van der Waals surface area (Å²) in [5.41, 5.74) is 2.45. The van der Waals surface area contributed by atoms with Crippen molar-refractivity contribution < 1.29 is 9.63 Å². The van der Waals surface area contributed by atoms with Crippen LogP contribution < -0.4 is 0 Å². The Labute approximate surface area is 110 Å². The molecular weight excluding hydrogens is 240 g/mol. The lowest BCUT2D eigenvalue weighted by Crippen LogP contribution is -1.82. The minimum Gasteiger partial charge on any atom is -0.507 e. The van der Waals surface area contributed by atoms with Gasteiger partial charge in [-0.3, -0.25) is 0 Å². The fraction of sp³-hybridized carbons (Fsp3) is 0.0667. The molecule has 0 saturated heterocycles. The molecule has 0 aliphatic heterocycles. The molecule has 1 heterocycles. The molecule has 1 aromatic heterocycles. The van der Waals surface area contributed by atoms with Gasteiger partial charge in [0.1, 0.15) is 5.75 Å². The largest absolute Gasteiger partial charge is 0.507 e. The fourth-order valence-corrected chi connectivity index (χ4v) is 1.86. The first kappa shape index (κ1) is 11.5. The quantitative estimate of drug-likeness (QED) is 0.759. The summed E-state index contributed by atoms with van der Waals surface area (Å²) in [4.78, 5) is 4.31. The highest BCUT2D eigenvalue weighted by molar-refractivity contribution is 5.65. The molecule has 19 heavy (non-hydrogen) atoms. The molecule has 1 N–H and O–H groups in total. The molecule has 0 bridgehead atoms. The van der Waals surface area contributed by atoms with Gasteiger partial charge in [0.15, 0.2) is 0 Å². The highest BCUT2D eigenvalue weighted by Gasteiger charge is 2.13. The SMILES string of the molecule is Cc1ccc(O)c(-c2nc(-c3ccccc3)no2)c1. The van der Waals surface area contributed by atoms with Crippen LogP contribution in [-0.2, 0) is 0 Å². The average Bonchev–Trinajstić information content (AvgIpc) is 2.92. The molecule has 0 spiro atoms. The highest BCUT2D eigenvalue weighted by Crippen LogP contribution is 2.30. The third-order valence-electron chi connectivity index (χ3n) is 2.84. The summed E-state index contributed by atoms with van der Waals surface area (Å²) in [6.45, 7) is 1.94. The van der Waals surface area contributed by atoms with Crippen molar-refractivity contribution in [3.05, 3.63) is 54.1 Å². The second kappa shape index (κ2) is 4.57. The highest BCUT2D eigenvalue weighted by atomic mass is 16.5. The van der Waals surface area contributed by atoms with Crippen molar-refractivity contribution in [2.45, 2.75) is 6.92 Å². The molecule has 3 aromatic rings. The minimum atomic E-state index is 0.133. The predicted octanol–water partition coefficient (Wildman–Crippen LogP) is 3.42. The van der Waals surface area contributed by atoms with Gasteiger partial charge in [-0.05, 0) is 19.1 Å². The lowest BCUT2D eigenvalue weighted by atomic mass is 10.1. The van der Waals surface area contributed by atoms with Crippen LogP contribution in [-0.4, -0.2) is 15.2 Å². The maximum Gasteiger partial charge on any atom is 0.262 e. The van der Waals surface area contributed by atoms with E-state index in [9.17, 15) is 5.11 Å². The summed E-state index contributed by atoms with van der Waals surface area (Å²) in [5.74, 6) is 0.963. The van der Waals surface area contributed by atoms with Crippen LogP contribution in [0.4, 0.5) is 0 Å². The molecule has 0 aliphatic rings. The third kappa shape index (κ3) is 2.20. The van der Waals surface area contributed by atoms with Gasteiger partial charge in [0.05, 0.1) is 5.56 Å². The number of phenols is 1. The number of aryl methyl sites for hydroxylation is 1. The first-order chi connectivity index (χ1) is 9.24. The molecule has 4 nitrogen and oxygen atoms in total. The van der Waals surface area contributed by atoms with Crippen molar-refractivity contribution >= 4 is 0 Å². The zero-order valence-electron chi connectivity index (χ0n) is 10.4. The van der Waals surface area contributed by atoms with Gasteiger partial charge in [-0.2, -0.15) is 4.98 Å². The summed E-state index contributed by atoms with van der Waals surface area (Å²) < 4.78 is 5.22. The third-order valence-corrected chi connectivity index (χ3v) is 2.84. The lowest BCUT2D eigenvalue weighted by Gasteiger charge is -1.99. The van der Waals surface area contributed by atoms with Crippen molar-refractivity contribution in [1.82, 2.24) is 10.1 Å². The van der Waals surface area contributed by atoms with Gasteiger partial charge >= 0.3 is 0 Å². The second-order valence-corrected chi connectivity index (χ2v) is 4.31. The lowest BCUT2D eigenvalue weighted by molar-refractivity contribution is 0.425. The predicted molar refractivity (Wildman–Crippen MR) is 71.6 cm³/mol. The summed E-state index contributed by atoms with van der Waals surface area (Å²) in [7, 11) is 0. The first-order valence-electron chi connectivity index (χ1n) is 5.93. The van der Waals surface area contributed by atoms with Gasteiger partial charge in [-0.15, -0.1) is 0 Å². The molecule has 4 heteroatoms. The maximum atomic E-state index is 9.84. The number of aromatic hydroxyl groups is 1. The summed E-state index contributed by atoms with van der Waals surface area (Å²) in [6.07, 6.45) is 0. The van der Waals surface area contributed by atoms with E-state index >= 15 is 0 Å². The van der Waals surface area contributed by atoms with E-state index in [-0.39, 0.29) is 5.75 Å². The van der Waals surface area contributed by atoms with Crippen LogP contribution >= 0.6 is 0 Å². The molecular formula is C15H12N2O2. The molecule has 0 amide bonds. The standard InChI is InChI=1S/C15H12N2O2/c1-10-7-8-13(18)12(9-10)15-16-14(17-19-15)11-5-3-2-4-6-11/h2-9,18H,1H3. The average molecular weight is 252 g/mol. The Balaban J connectivity index is 2.04. The van der Waals surface area contributed by atoms with Gasteiger partial charge in [0.25, 0.3) is 5.89 Å². The van der Waals surface area contributed by atoms with Gasteiger partial charge in [-0.25, -0.2) is 0 Å². The number of hydrogen-bond donors (Lipinski definition) is 1. The van der Waals surface area contributed by atoms with Crippen molar-refractivity contribution in [3.63, 3.8) is 0 Å². The molecule has 0 unspecified atom stereocenters. The number of rotatable bonds is 2. The van der Waals surface area contributed by atoms with E-state index in [2.05, 4.69) is 10.1 Å². The Morgan fingerprint density at radius 1 is 1.05 bits per heavy atom. The second-order valence-electron chi connectivity index (χ2n) is 4.31. The monoisotopic (exact) mass is 252 g/mol. The molecule has 0 radical (unpaired) electrons. The normalized spacial score (nSPS) is 10.6. The first-order valence-corrected chi connectivity index (χ1v) is 5.93. The van der Waals surface area contributed by atoms with E-state index < -0.39 is 0 Å². The molecule has 2 aromatic carbocycles. The zero-order chi connectivity index (χ0) is 13.2. The maximum absolute atomic E-state index is 9.84. The topological polar surface area (TPSA) is 59.2 Å². The Bertz CT molecular complexity index is 705. The molecule has 94 valence electrons. The van der Waals surface area contributed by atoms with Crippen LogP contribution in [0.15, 0.2) is 53.1 Å². The van der Waals surface area contributed by atoms with E-state index in [4.69, 9.17) is 4.52 Å². The minimum absolute atomic E-state index is 0.133. The smallest absolute Gasteiger partial charge is 0.262 e. The summed E-state index contributed by atoms with van der Waals surface area (Å²) >= 11 is 0. The Kier molecular flexibility index (Phi) is 2.76. The van der Waals surface area contributed by atoms with Crippen LogP contribution in [0.5, 0.6) is 5.75 Å².